The summed E-state index contributed by atoms with van der Waals surface area (Å²) in [4.78, 5) is 40.5. The second kappa shape index (κ2) is 8.69. The zero-order valence-electron chi connectivity index (χ0n) is 16.3. The van der Waals surface area contributed by atoms with Crippen molar-refractivity contribution in [2.24, 2.45) is 0 Å². The first-order chi connectivity index (χ1) is 13.4. The van der Waals surface area contributed by atoms with Crippen molar-refractivity contribution >= 4 is 23.3 Å². The molecule has 6 heteroatoms. The molecule has 1 aliphatic heterocycles. The largest absolute Gasteiger partial charge is 0.368 e. The molecule has 1 saturated heterocycles. The van der Waals surface area contributed by atoms with E-state index < -0.39 is 11.7 Å². The Morgan fingerprint density at radius 3 is 2.21 bits per heavy atom. The maximum atomic E-state index is 12.4. The summed E-state index contributed by atoms with van der Waals surface area (Å²) in [6.07, 6.45) is 0. The third kappa shape index (κ3) is 4.76. The first-order valence-corrected chi connectivity index (χ1v) is 9.42. The summed E-state index contributed by atoms with van der Waals surface area (Å²) < 4.78 is 0. The number of carbonyl (C=O) groups excluding carboxylic acids is 3. The fourth-order valence-electron chi connectivity index (χ4n) is 3.22. The molecule has 0 spiro atoms. The fraction of sp³-hybridized carbons (Fsp3) is 0.318. The van der Waals surface area contributed by atoms with Gasteiger partial charge in [0.05, 0.1) is 6.54 Å². The van der Waals surface area contributed by atoms with Crippen molar-refractivity contribution in [3.05, 3.63) is 65.2 Å². The van der Waals surface area contributed by atoms with Crippen LogP contribution in [0.25, 0.3) is 0 Å². The SMILES string of the molecule is Cc1ccc(C(=O)C(=O)NCC(=O)N2CCN(c3cccc(C)c3)CC2)cc1. The first kappa shape index (κ1) is 19.6. The molecule has 6 nitrogen and oxygen atoms in total. The van der Waals surface area contributed by atoms with Crippen LogP contribution in [-0.4, -0.2) is 55.2 Å². The van der Waals surface area contributed by atoms with E-state index in [-0.39, 0.29) is 12.5 Å². The molecule has 2 aromatic rings. The highest BCUT2D eigenvalue weighted by atomic mass is 16.2. The second-order valence-corrected chi connectivity index (χ2v) is 7.08. The molecule has 1 N–H and O–H groups in total. The number of anilines is 1. The maximum Gasteiger partial charge on any atom is 0.292 e. The van der Waals surface area contributed by atoms with E-state index in [1.165, 1.54) is 5.56 Å². The number of ketones is 1. The molecule has 1 aliphatic rings. The van der Waals surface area contributed by atoms with Crippen molar-refractivity contribution in [2.45, 2.75) is 13.8 Å². The highest BCUT2D eigenvalue weighted by Crippen LogP contribution is 2.17. The minimum atomic E-state index is -0.754. The number of carbonyl (C=O) groups is 3. The monoisotopic (exact) mass is 379 g/mol. The van der Waals surface area contributed by atoms with Gasteiger partial charge in [0.2, 0.25) is 11.7 Å². The molecular formula is C22H25N3O3. The third-order valence-electron chi connectivity index (χ3n) is 4.92. The summed E-state index contributed by atoms with van der Waals surface area (Å²) in [6, 6.07) is 15.1. The van der Waals surface area contributed by atoms with Gasteiger partial charge in [-0.1, -0.05) is 42.0 Å². The van der Waals surface area contributed by atoms with Crippen LogP contribution in [0.3, 0.4) is 0 Å². The Morgan fingerprint density at radius 1 is 0.893 bits per heavy atom. The molecule has 2 aromatic carbocycles. The summed E-state index contributed by atoms with van der Waals surface area (Å²) in [5, 5.41) is 2.45. The van der Waals surface area contributed by atoms with Gasteiger partial charge in [0, 0.05) is 37.4 Å². The van der Waals surface area contributed by atoms with Crippen LogP contribution in [-0.2, 0) is 9.59 Å². The zero-order valence-corrected chi connectivity index (χ0v) is 16.3. The van der Waals surface area contributed by atoms with Crippen molar-refractivity contribution in [1.29, 1.82) is 0 Å². The van der Waals surface area contributed by atoms with E-state index in [9.17, 15) is 14.4 Å². The molecule has 0 radical (unpaired) electrons. The standard InChI is InChI=1S/C22H25N3O3/c1-16-6-8-18(9-7-16)21(27)22(28)23-15-20(26)25-12-10-24(11-13-25)19-5-3-4-17(2)14-19/h3-9,14H,10-13,15H2,1-2H3,(H,23,28). The molecule has 0 atom stereocenters. The Labute approximate surface area is 165 Å². The van der Waals surface area contributed by atoms with Gasteiger partial charge in [0.1, 0.15) is 0 Å². The molecule has 2 amide bonds. The lowest BCUT2D eigenvalue weighted by Gasteiger charge is -2.36. The van der Waals surface area contributed by atoms with Crippen LogP contribution in [0, 0.1) is 13.8 Å². The van der Waals surface area contributed by atoms with Crippen LogP contribution in [0.1, 0.15) is 21.5 Å². The number of nitrogens with zero attached hydrogens (tertiary/aromatic N) is 2. The van der Waals surface area contributed by atoms with Crippen molar-refractivity contribution < 1.29 is 14.4 Å². The van der Waals surface area contributed by atoms with Gasteiger partial charge in [-0.05, 0) is 31.5 Å². The molecule has 1 fully saturated rings. The van der Waals surface area contributed by atoms with Crippen LogP contribution < -0.4 is 10.2 Å². The second-order valence-electron chi connectivity index (χ2n) is 7.08. The first-order valence-electron chi connectivity index (χ1n) is 9.42. The summed E-state index contributed by atoms with van der Waals surface area (Å²) in [5.74, 6) is -1.55. The van der Waals surface area contributed by atoms with Gasteiger partial charge < -0.3 is 15.1 Å². The van der Waals surface area contributed by atoms with Crippen molar-refractivity contribution in [1.82, 2.24) is 10.2 Å². The normalized spacial score (nSPS) is 13.9. The van der Waals surface area contributed by atoms with Crippen molar-refractivity contribution in [3.8, 4) is 0 Å². The molecule has 3 rings (SSSR count). The van der Waals surface area contributed by atoms with Gasteiger partial charge >= 0.3 is 0 Å². The molecule has 0 aliphatic carbocycles. The maximum absolute atomic E-state index is 12.4. The zero-order chi connectivity index (χ0) is 20.1. The summed E-state index contributed by atoms with van der Waals surface area (Å²) in [5.41, 5.74) is 3.69. The number of hydrogen-bond donors (Lipinski definition) is 1. The molecule has 146 valence electrons. The number of Topliss-reactive ketones (excluding diaryl/α,β-unsaturated/α-hetero) is 1. The number of piperazine rings is 1. The van der Waals surface area contributed by atoms with E-state index in [0.29, 0.717) is 18.7 Å². The van der Waals surface area contributed by atoms with Crippen LogP contribution in [0.4, 0.5) is 5.69 Å². The van der Waals surface area contributed by atoms with Gasteiger partial charge in [-0.15, -0.1) is 0 Å². The predicted molar refractivity (Wildman–Crippen MR) is 108 cm³/mol. The van der Waals surface area contributed by atoms with E-state index >= 15 is 0 Å². The van der Waals surface area contributed by atoms with E-state index in [1.54, 1.807) is 29.2 Å². The summed E-state index contributed by atoms with van der Waals surface area (Å²) in [7, 11) is 0. The lowest BCUT2D eigenvalue weighted by molar-refractivity contribution is -0.132. The molecule has 0 bridgehead atoms. The highest BCUT2D eigenvalue weighted by Gasteiger charge is 2.23. The van der Waals surface area contributed by atoms with Gasteiger partial charge in [0.25, 0.3) is 5.91 Å². The Morgan fingerprint density at radius 2 is 1.57 bits per heavy atom. The minimum absolute atomic E-state index is 0.166. The number of aryl methyl sites for hydroxylation is 2. The minimum Gasteiger partial charge on any atom is -0.368 e. The molecule has 0 saturated carbocycles. The topological polar surface area (TPSA) is 69.7 Å². The number of hydrogen-bond acceptors (Lipinski definition) is 4. The average Bonchev–Trinajstić information content (AvgIpc) is 2.72. The Hall–Kier alpha value is -3.15. The Kier molecular flexibility index (Phi) is 6.09. The smallest absolute Gasteiger partial charge is 0.292 e. The Bertz CT molecular complexity index is 869. The molecular weight excluding hydrogens is 354 g/mol. The lowest BCUT2D eigenvalue weighted by atomic mass is 10.1. The van der Waals surface area contributed by atoms with E-state index in [2.05, 4.69) is 35.3 Å². The van der Waals surface area contributed by atoms with Gasteiger partial charge in [-0.25, -0.2) is 0 Å². The number of amides is 2. The molecule has 1 heterocycles. The van der Waals surface area contributed by atoms with E-state index in [1.807, 2.05) is 13.0 Å². The van der Waals surface area contributed by atoms with Gasteiger partial charge in [-0.3, -0.25) is 14.4 Å². The highest BCUT2D eigenvalue weighted by molar-refractivity contribution is 6.43. The fourth-order valence-corrected chi connectivity index (χ4v) is 3.22. The van der Waals surface area contributed by atoms with E-state index in [0.717, 1.165) is 24.3 Å². The van der Waals surface area contributed by atoms with Crippen LogP contribution in [0.15, 0.2) is 48.5 Å². The molecule has 28 heavy (non-hydrogen) atoms. The predicted octanol–water partition coefficient (Wildman–Crippen LogP) is 1.95. The van der Waals surface area contributed by atoms with Gasteiger partial charge in [-0.2, -0.15) is 0 Å². The number of nitrogens with one attached hydrogen (secondary N) is 1. The van der Waals surface area contributed by atoms with Crippen molar-refractivity contribution in [3.63, 3.8) is 0 Å². The molecule has 0 unspecified atom stereocenters. The third-order valence-corrected chi connectivity index (χ3v) is 4.92. The van der Waals surface area contributed by atoms with Crippen LogP contribution in [0.5, 0.6) is 0 Å². The Balaban J connectivity index is 1.47. The average molecular weight is 379 g/mol. The number of rotatable bonds is 5. The van der Waals surface area contributed by atoms with Crippen LogP contribution in [0.2, 0.25) is 0 Å². The molecule has 0 aromatic heterocycles. The summed E-state index contributed by atoms with van der Waals surface area (Å²) in [6.45, 7) is 6.47. The van der Waals surface area contributed by atoms with Gasteiger partial charge in [0.15, 0.2) is 0 Å². The quantitative estimate of drug-likeness (QED) is 0.637. The number of benzene rings is 2. The van der Waals surface area contributed by atoms with Crippen LogP contribution >= 0.6 is 0 Å². The summed E-state index contributed by atoms with van der Waals surface area (Å²) >= 11 is 0. The van der Waals surface area contributed by atoms with Crippen molar-refractivity contribution in [2.75, 3.05) is 37.6 Å². The van der Waals surface area contributed by atoms with E-state index in [4.69, 9.17) is 0 Å². The lowest BCUT2D eigenvalue weighted by Crippen LogP contribution is -2.51.